The van der Waals surface area contributed by atoms with Gasteiger partial charge >= 0.3 is 0 Å². The van der Waals surface area contributed by atoms with Crippen molar-refractivity contribution in [1.82, 2.24) is 0 Å². The summed E-state index contributed by atoms with van der Waals surface area (Å²) in [6.07, 6.45) is 9.26. The van der Waals surface area contributed by atoms with E-state index >= 15 is 0 Å². The third kappa shape index (κ3) is 20.6. The van der Waals surface area contributed by atoms with Crippen LogP contribution in [0, 0.1) is 0 Å². The van der Waals surface area contributed by atoms with E-state index in [-0.39, 0.29) is 11.2 Å². The Morgan fingerprint density at radius 1 is 0.500 bits per heavy atom. The maximum absolute atomic E-state index is 8.52. The second kappa shape index (κ2) is 20.5. The number of unbranched alkanes of at least 4 members (excludes halogenated alkanes) is 3. The Labute approximate surface area is 219 Å². The molecule has 0 radical (unpaired) electrons. The smallest absolute Gasteiger partial charge is 0.230 e. The van der Waals surface area contributed by atoms with Gasteiger partial charge in [0.25, 0.3) is 0 Å². The number of hydrogen-bond acceptors (Lipinski definition) is 10. The molecule has 0 saturated carbocycles. The first-order valence-electron chi connectivity index (χ1n) is 13.4. The maximum atomic E-state index is 8.52. The van der Waals surface area contributed by atoms with Crippen LogP contribution in [0.4, 0.5) is 0 Å². The molecule has 0 aliphatic heterocycles. The van der Waals surface area contributed by atoms with E-state index in [1.165, 1.54) is 13.8 Å². The highest BCUT2D eigenvalue weighted by Crippen LogP contribution is 2.23. The first-order chi connectivity index (χ1) is 16.8. The van der Waals surface area contributed by atoms with Crippen molar-refractivity contribution >= 4 is 0 Å². The molecule has 220 valence electrons. The van der Waals surface area contributed by atoms with Crippen LogP contribution in [0.3, 0.4) is 0 Å². The molecule has 0 aromatic rings. The topological polar surface area (TPSA) is 114 Å². The van der Waals surface area contributed by atoms with E-state index in [1.807, 2.05) is 0 Å². The van der Waals surface area contributed by atoms with E-state index in [1.54, 1.807) is 13.8 Å². The molecular weight excluding hydrogens is 472 g/mol. The first kappa shape index (κ1) is 37.8. The zero-order chi connectivity index (χ0) is 28.1. The van der Waals surface area contributed by atoms with Gasteiger partial charge in [-0.1, -0.05) is 53.4 Å². The van der Waals surface area contributed by atoms with Crippen LogP contribution in [0.15, 0.2) is 0 Å². The van der Waals surface area contributed by atoms with Gasteiger partial charge in [0.05, 0.1) is 24.4 Å². The molecule has 10 nitrogen and oxygen atoms in total. The Balaban J connectivity index is 0. The van der Waals surface area contributed by atoms with Crippen molar-refractivity contribution in [3.05, 3.63) is 0 Å². The third-order valence-corrected chi connectivity index (χ3v) is 5.54. The number of hydrogen-bond donors (Lipinski definition) is 2. The molecule has 10 heteroatoms. The Morgan fingerprint density at radius 2 is 0.833 bits per heavy atom. The van der Waals surface area contributed by atoms with Crippen LogP contribution in [0.5, 0.6) is 0 Å². The van der Waals surface area contributed by atoms with E-state index in [2.05, 4.69) is 51.3 Å². The molecule has 0 fully saturated rings. The molecule has 2 N–H and O–H groups in total. The van der Waals surface area contributed by atoms with Gasteiger partial charge in [-0.3, -0.25) is 0 Å². The molecule has 0 aliphatic rings. The molecule has 0 heterocycles. The Bertz CT molecular complexity index is 447. The Kier molecular flexibility index (Phi) is 21.5. The summed E-state index contributed by atoms with van der Waals surface area (Å²) in [6.45, 7) is 20.3. The van der Waals surface area contributed by atoms with E-state index < -0.39 is 11.6 Å². The highest BCUT2D eigenvalue weighted by atomic mass is 17.3. The van der Waals surface area contributed by atoms with E-state index in [0.717, 1.165) is 51.4 Å². The monoisotopic (exact) mass is 528 g/mol. The van der Waals surface area contributed by atoms with Crippen molar-refractivity contribution in [1.29, 1.82) is 0 Å². The Hall–Kier alpha value is -0.400. The lowest BCUT2D eigenvalue weighted by molar-refractivity contribution is -0.566. The fraction of sp³-hybridized carbons (Fsp3) is 1.00. The summed E-state index contributed by atoms with van der Waals surface area (Å²) in [5.74, 6) is -2.54. The SMILES string of the molecule is CCC(C)(OO)OOC(C)(CC)OO.CCCC(C)(C)OOCCCCCCOOC(C)(C)CCC. The summed E-state index contributed by atoms with van der Waals surface area (Å²) in [4.78, 5) is 39.3. The van der Waals surface area contributed by atoms with Gasteiger partial charge in [-0.15, -0.1) is 0 Å². The molecule has 0 saturated heterocycles. The average molecular weight is 529 g/mol. The molecule has 0 amide bonds. The first-order valence-corrected chi connectivity index (χ1v) is 13.4. The summed E-state index contributed by atoms with van der Waals surface area (Å²) in [5.41, 5.74) is -0.351. The van der Waals surface area contributed by atoms with Gasteiger partial charge < -0.3 is 0 Å². The van der Waals surface area contributed by atoms with Crippen LogP contribution in [0.1, 0.15) is 133 Å². The molecule has 0 bridgehead atoms. The second-order valence-corrected chi connectivity index (χ2v) is 10.6. The molecule has 36 heavy (non-hydrogen) atoms. The van der Waals surface area contributed by atoms with Crippen molar-refractivity contribution in [2.75, 3.05) is 13.2 Å². The molecule has 2 atom stereocenters. The quantitative estimate of drug-likeness (QED) is 0.0625. The standard InChI is InChI=1S/C18H38O4.C8H18O6/c1-7-13-17(3,4)21-19-15-11-9-10-12-16-20-22-18(5,6)14-8-2;1-5-7(3,11-9)13-14-8(4,6-2)12-10/h7-16H2,1-6H3;9-10H,5-6H2,1-4H3. The molecule has 0 aromatic heterocycles. The van der Waals surface area contributed by atoms with Crippen LogP contribution in [0.2, 0.25) is 0 Å². The van der Waals surface area contributed by atoms with Gasteiger partial charge in [-0.2, -0.15) is 9.78 Å². The van der Waals surface area contributed by atoms with Gasteiger partial charge in [-0.05, 0) is 67.2 Å². The van der Waals surface area contributed by atoms with Gasteiger partial charge in [-0.25, -0.2) is 39.8 Å². The fourth-order valence-corrected chi connectivity index (χ4v) is 2.82. The number of rotatable bonds is 22. The molecule has 2 unspecified atom stereocenters. The van der Waals surface area contributed by atoms with Crippen molar-refractivity contribution in [3.63, 3.8) is 0 Å². The lowest BCUT2D eigenvalue weighted by Gasteiger charge is -2.29. The third-order valence-electron chi connectivity index (χ3n) is 5.54. The minimum absolute atomic E-state index is 0.175. The highest BCUT2D eigenvalue weighted by Gasteiger charge is 2.33. The lowest BCUT2D eigenvalue weighted by atomic mass is 10.0. The van der Waals surface area contributed by atoms with Gasteiger partial charge in [0.2, 0.25) is 11.6 Å². The predicted molar refractivity (Wildman–Crippen MR) is 138 cm³/mol. The normalized spacial score (nSPS) is 15.7. The van der Waals surface area contributed by atoms with Crippen molar-refractivity contribution in [2.45, 2.75) is 156 Å². The van der Waals surface area contributed by atoms with Crippen molar-refractivity contribution < 1.29 is 49.6 Å². The molecule has 0 aromatic carbocycles. The lowest BCUT2D eigenvalue weighted by Crippen LogP contribution is -2.38. The van der Waals surface area contributed by atoms with E-state index in [4.69, 9.17) is 39.8 Å². The van der Waals surface area contributed by atoms with Crippen molar-refractivity contribution in [3.8, 4) is 0 Å². The molecular formula is C26H56O10. The zero-order valence-corrected chi connectivity index (χ0v) is 24.6. The summed E-state index contributed by atoms with van der Waals surface area (Å²) in [6, 6.07) is 0. The van der Waals surface area contributed by atoms with Crippen LogP contribution in [-0.4, -0.2) is 46.5 Å². The predicted octanol–water partition coefficient (Wildman–Crippen LogP) is 7.77. The van der Waals surface area contributed by atoms with Gasteiger partial charge in [0.1, 0.15) is 0 Å². The second-order valence-electron chi connectivity index (χ2n) is 10.6. The van der Waals surface area contributed by atoms with Crippen LogP contribution < -0.4 is 0 Å². The maximum Gasteiger partial charge on any atom is 0.230 e. The van der Waals surface area contributed by atoms with Crippen LogP contribution >= 0.6 is 0 Å². The Morgan fingerprint density at radius 3 is 1.08 bits per heavy atom. The zero-order valence-electron chi connectivity index (χ0n) is 24.6. The van der Waals surface area contributed by atoms with Crippen LogP contribution in [0.25, 0.3) is 0 Å². The summed E-state index contributed by atoms with van der Waals surface area (Å²) >= 11 is 0. The highest BCUT2D eigenvalue weighted by molar-refractivity contribution is 4.65. The minimum Gasteiger partial charge on any atom is -0.249 e. The van der Waals surface area contributed by atoms with Gasteiger partial charge in [0.15, 0.2) is 0 Å². The molecule has 0 aliphatic carbocycles. The summed E-state index contributed by atoms with van der Waals surface area (Å²) < 4.78 is 0. The molecule has 0 spiro atoms. The van der Waals surface area contributed by atoms with Crippen LogP contribution in [-0.2, 0) is 39.1 Å². The molecule has 0 rings (SSSR count). The van der Waals surface area contributed by atoms with Crippen molar-refractivity contribution in [2.24, 2.45) is 0 Å². The van der Waals surface area contributed by atoms with E-state index in [0.29, 0.717) is 26.1 Å². The van der Waals surface area contributed by atoms with Gasteiger partial charge in [0, 0.05) is 12.8 Å². The summed E-state index contributed by atoms with van der Waals surface area (Å²) in [7, 11) is 0. The fourth-order valence-electron chi connectivity index (χ4n) is 2.82. The largest absolute Gasteiger partial charge is 0.249 e. The summed E-state index contributed by atoms with van der Waals surface area (Å²) in [5, 5.41) is 17.0. The minimum atomic E-state index is -1.27. The van der Waals surface area contributed by atoms with E-state index in [9.17, 15) is 0 Å². The average Bonchev–Trinajstić information content (AvgIpc) is 2.83.